The second-order valence-electron chi connectivity index (χ2n) is 4.27. The number of non-ortho nitro benzene ring substituents is 1. The molecule has 8 heteroatoms. The summed E-state index contributed by atoms with van der Waals surface area (Å²) in [6.07, 6.45) is 1.38. The number of nitro benzene ring substituents is 1. The van der Waals surface area contributed by atoms with Gasteiger partial charge in [0.2, 0.25) is 5.91 Å². The normalized spacial score (nSPS) is 10.1. The highest BCUT2D eigenvalue weighted by molar-refractivity contribution is 5.93. The molecule has 0 atom stereocenters. The maximum Gasteiger partial charge on any atom is 0.271 e. The predicted molar refractivity (Wildman–Crippen MR) is 75.7 cm³/mol. The minimum Gasteiger partial charge on any atom is -0.506 e. The zero-order chi connectivity index (χ0) is 15.4. The molecule has 0 saturated heterocycles. The van der Waals surface area contributed by atoms with Crippen molar-refractivity contribution in [1.82, 2.24) is 4.98 Å². The molecule has 2 aromatic rings. The molecule has 0 saturated carbocycles. The maximum atomic E-state index is 11.8. The molecule has 0 bridgehead atoms. The van der Waals surface area contributed by atoms with E-state index in [1.807, 2.05) is 0 Å². The van der Waals surface area contributed by atoms with Crippen molar-refractivity contribution in [2.45, 2.75) is 6.42 Å². The Kier molecular flexibility index (Phi) is 3.98. The van der Waals surface area contributed by atoms with Gasteiger partial charge in [0.25, 0.3) is 5.69 Å². The molecular weight excluding hydrogens is 276 g/mol. The summed E-state index contributed by atoms with van der Waals surface area (Å²) in [5.74, 6) is -0.706. The molecule has 1 heterocycles. The summed E-state index contributed by atoms with van der Waals surface area (Å²) in [6, 6.07) is 6.59. The molecule has 0 radical (unpaired) electrons. The number of nitrogens with one attached hydrogen (secondary N) is 1. The third-order valence-corrected chi connectivity index (χ3v) is 2.65. The smallest absolute Gasteiger partial charge is 0.271 e. The number of phenolic OH excluding ortho intramolecular Hbond substituents is 1. The zero-order valence-electron chi connectivity index (χ0n) is 10.8. The van der Waals surface area contributed by atoms with Gasteiger partial charge in [-0.3, -0.25) is 19.9 Å². The number of aromatic hydroxyl groups is 1. The first-order valence-corrected chi connectivity index (χ1v) is 5.93. The number of carbonyl (C=O) groups is 1. The van der Waals surface area contributed by atoms with Crippen molar-refractivity contribution < 1.29 is 14.8 Å². The van der Waals surface area contributed by atoms with Gasteiger partial charge in [0.1, 0.15) is 5.75 Å². The van der Waals surface area contributed by atoms with Crippen LogP contribution < -0.4 is 11.1 Å². The molecule has 4 N–H and O–H groups in total. The fourth-order valence-corrected chi connectivity index (χ4v) is 1.64. The Hall–Kier alpha value is -3.16. The molecule has 0 aliphatic heterocycles. The summed E-state index contributed by atoms with van der Waals surface area (Å²) in [6.45, 7) is 0. The van der Waals surface area contributed by atoms with Gasteiger partial charge >= 0.3 is 0 Å². The summed E-state index contributed by atoms with van der Waals surface area (Å²) in [5, 5.41) is 22.7. The topological polar surface area (TPSA) is 131 Å². The zero-order valence-corrected chi connectivity index (χ0v) is 10.8. The minimum atomic E-state index is -0.614. The predicted octanol–water partition coefficient (Wildman–Crippen LogP) is 1.46. The molecule has 1 amide bonds. The number of phenols is 1. The van der Waals surface area contributed by atoms with Crippen LogP contribution in [0.2, 0.25) is 0 Å². The van der Waals surface area contributed by atoms with Crippen LogP contribution in [0.15, 0.2) is 36.5 Å². The number of nitrogen functional groups attached to an aromatic ring is 1. The summed E-state index contributed by atoms with van der Waals surface area (Å²) >= 11 is 0. The summed E-state index contributed by atoms with van der Waals surface area (Å²) < 4.78 is 0. The van der Waals surface area contributed by atoms with E-state index >= 15 is 0 Å². The van der Waals surface area contributed by atoms with E-state index in [1.54, 1.807) is 12.1 Å². The molecule has 0 aliphatic carbocycles. The second-order valence-corrected chi connectivity index (χ2v) is 4.27. The van der Waals surface area contributed by atoms with Crippen LogP contribution in [0.25, 0.3) is 0 Å². The average molecular weight is 288 g/mol. The molecule has 0 spiro atoms. The SMILES string of the molecule is Nc1ccc(CC(=O)Nc2cc([N+](=O)[O-])ccc2O)nc1. The highest BCUT2D eigenvalue weighted by atomic mass is 16.6. The number of amides is 1. The Morgan fingerprint density at radius 1 is 1.38 bits per heavy atom. The van der Waals surface area contributed by atoms with Gasteiger partial charge in [-0.25, -0.2) is 0 Å². The van der Waals surface area contributed by atoms with Gasteiger partial charge in [0, 0.05) is 17.8 Å². The number of aromatic nitrogens is 1. The van der Waals surface area contributed by atoms with E-state index in [2.05, 4.69) is 10.3 Å². The molecule has 0 fully saturated rings. The van der Waals surface area contributed by atoms with E-state index in [0.29, 0.717) is 11.4 Å². The van der Waals surface area contributed by atoms with Crippen molar-refractivity contribution in [2.24, 2.45) is 0 Å². The fraction of sp³-hybridized carbons (Fsp3) is 0.0769. The largest absolute Gasteiger partial charge is 0.506 e. The van der Waals surface area contributed by atoms with E-state index in [9.17, 15) is 20.0 Å². The number of hydrogen-bond acceptors (Lipinski definition) is 6. The molecule has 2 rings (SSSR count). The fourth-order valence-electron chi connectivity index (χ4n) is 1.64. The number of anilines is 2. The Labute approximate surface area is 119 Å². The van der Waals surface area contributed by atoms with Gasteiger partial charge in [-0.2, -0.15) is 0 Å². The number of benzene rings is 1. The molecule has 1 aromatic heterocycles. The van der Waals surface area contributed by atoms with Gasteiger partial charge in [-0.15, -0.1) is 0 Å². The van der Waals surface area contributed by atoms with Crippen molar-refractivity contribution in [2.75, 3.05) is 11.1 Å². The number of hydrogen-bond donors (Lipinski definition) is 3. The maximum absolute atomic E-state index is 11.8. The molecular formula is C13H12N4O4. The van der Waals surface area contributed by atoms with Crippen LogP contribution in [0, 0.1) is 10.1 Å². The number of rotatable bonds is 4. The van der Waals surface area contributed by atoms with Crippen molar-refractivity contribution in [1.29, 1.82) is 0 Å². The molecule has 0 aliphatic rings. The van der Waals surface area contributed by atoms with Crippen LogP contribution in [-0.4, -0.2) is 20.9 Å². The van der Waals surface area contributed by atoms with Crippen LogP contribution in [0.3, 0.4) is 0 Å². The average Bonchev–Trinajstić information content (AvgIpc) is 2.43. The third kappa shape index (κ3) is 3.66. The lowest BCUT2D eigenvalue weighted by atomic mass is 10.2. The van der Waals surface area contributed by atoms with E-state index in [4.69, 9.17) is 5.73 Å². The lowest BCUT2D eigenvalue weighted by molar-refractivity contribution is -0.384. The number of pyridine rings is 1. The van der Waals surface area contributed by atoms with Crippen molar-refractivity contribution in [3.8, 4) is 5.75 Å². The van der Waals surface area contributed by atoms with E-state index < -0.39 is 10.8 Å². The van der Waals surface area contributed by atoms with Crippen molar-refractivity contribution in [3.05, 3.63) is 52.3 Å². The Morgan fingerprint density at radius 3 is 2.76 bits per heavy atom. The van der Waals surface area contributed by atoms with Crippen LogP contribution in [0.5, 0.6) is 5.75 Å². The Morgan fingerprint density at radius 2 is 2.14 bits per heavy atom. The highest BCUT2D eigenvalue weighted by Gasteiger charge is 2.13. The van der Waals surface area contributed by atoms with Gasteiger partial charge in [-0.05, 0) is 18.2 Å². The van der Waals surface area contributed by atoms with Gasteiger partial charge in [-0.1, -0.05) is 0 Å². The molecule has 0 unspecified atom stereocenters. The molecule has 21 heavy (non-hydrogen) atoms. The van der Waals surface area contributed by atoms with E-state index in [1.165, 1.54) is 6.20 Å². The first-order valence-electron chi connectivity index (χ1n) is 5.93. The van der Waals surface area contributed by atoms with Gasteiger partial charge in [0.15, 0.2) is 0 Å². The molecule has 108 valence electrons. The highest BCUT2D eigenvalue weighted by Crippen LogP contribution is 2.27. The first-order chi connectivity index (χ1) is 9.95. The quantitative estimate of drug-likeness (QED) is 0.443. The van der Waals surface area contributed by atoms with E-state index in [0.717, 1.165) is 18.2 Å². The summed E-state index contributed by atoms with van der Waals surface area (Å²) in [4.78, 5) is 25.9. The second kappa shape index (κ2) is 5.87. The van der Waals surface area contributed by atoms with Crippen LogP contribution in [-0.2, 0) is 11.2 Å². The summed E-state index contributed by atoms with van der Waals surface area (Å²) in [5.41, 5.74) is 6.21. The lowest BCUT2D eigenvalue weighted by Crippen LogP contribution is -2.15. The van der Waals surface area contributed by atoms with Crippen molar-refractivity contribution in [3.63, 3.8) is 0 Å². The minimum absolute atomic E-state index is 0.0235. The molecule has 1 aromatic carbocycles. The van der Waals surface area contributed by atoms with Gasteiger partial charge in [0.05, 0.1) is 28.9 Å². The van der Waals surface area contributed by atoms with Crippen LogP contribution in [0.4, 0.5) is 17.1 Å². The summed E-state index contributed by atoms with van der Waals surface area (Å²) in [7, 11) is 0. The Bertz CT molecular complexity index is 685. The number of nitrogens with zero attached hydrogens (tertiary/aromatic N) is 2. The van der Waals surface area contributed by atoms with Crippen LogP contribution >= 0.6 is 0 Å². The number of nitrogens with two attached hydrogens (primary N) is 1. The third-order valence-electron chi connectivity index (χ3n) is 2.65. The number of nitro groups is 1. The standard InChI is InChI=1S/C13H12N4O4/c14-8-1-2-9(15-7-8)5-13(19)16-11-6-10(17(20)21)3-4-12(11)18/h1-4,6-7,18H,5,14H2,(H,16,19). The first kappa shape index (κ1) is 14.3. The van der Waals surface area contributed by atoms with Crippen molar-refractivity contribution >= 4 is 23.0 Å². The van der Waals surface area contributed by atoms with Crippen LogP contribution in [0.1, 0.15) is 5.69 Å². The van der Waals surface area contributed by atoms with Gasteiger partial charge < -0.3 is 16.2 Å². The number of carbonyl (C=O) groups excluding carboxylic acids is 1. The molecule has 8 nitrogen and oxygen atoms in total. The monoisotopic (exact) mass is 288 g/mol. The van der Waals surface area contributed by atoms with E-state index in [-0.39, 0.29) is 23.5 Å². The Balaban J connectivity index is 2.10. The lowest BCUT2D eigenvalue weighted by Gasteiger charge is -2.07.